The Hall–Kier alpha value is -2.89. The number of nitrogens with zero attached hydrogens (tertiary/aromatic N) is 4. The minimum atomic E-state index is -0.492. The summed E-state index contributed by atoms with van der Waals surface area (Å²) in [5.41, 5.74) is 3.54. The van der Waals surface area contributed by atoms with Crippen molar-refractivity contribution in [2.75, 3.05) is 19.4 Å². The Bertz CT molecular complexity index is 870. The molecular formula is C18H21N5O. The van der Waals surface area contributed by atoms with E-state index in [0.717, 1.165) is 28.3 Å². The summed E-state index contributed by atoms with van der Waals surface area (Å²) in [6.07, 6.45) is 1.71. The summed E-state index contributed by atoms with van der Waals surface area (Å²) in [7, 11) is 3.52. The molecule has 6 heteroatoms. The second-order valence-corrected chi connectivity index (χ2v) is 5.99. The third-order valence-corrected chi connectivity index (χ3v) is 4.12. The van der Waals surface area contributed by atoms with Crippen LogP contribution in [0.2, 0.25) is 0 Å². The second kappa shape index (κ2) is 6.31. The van der Waals surface area contributed by atoms with Gasteiger partial charge in [-0.2, -0.15) is 9.61 Å². The van der Waals surface area contributed by atoms with Crippen molar-refractivity contribution in [2.24, 2.45) is 0 Å². The van der Waals surface area contributed by atoms with Crippen molar-refractivity contribution in [1.82, 2.24) is 19.5 Å². The molecule has 124 valence electrons. The minimum absolute atomic E-state index is 0.0182. The molecule has 0 aliphatic carbocycles. The van der Waals surface area contributed by atoms with Gasteiger partial charge in [0.05, 0.1) is 6.20 Å². The Morgan fingerprint density at radius 3 is 2.54 bits per heavy atom. The van der Waals surface area contributed by atoms with E-state index >= 15 is 0 Å². The van der Waals surface area contributed by atoms with Crippen LogP contribution in [0, 0.1) is 13.8 Å². The van der Waals surface area contributed by atoms with Crippen LogP contribution in [0.3, 0.4) is 0 Å². The number of hydrogen-bond acceptors (Lipinski definition) is 4. The number of fused-ring (bicyclic) bond motifs is 1. The molecule has 2 heterocycles. The molecule has 1 unspecified atom stereocenters. The first-order valence-corrected chi connectivity index (χ1v) is 7.82. The molecule has 24 heavy (non-hydrogen) atoms. The topological polar surface area (TPSA) is 62.5 Å². The van der Waals surface area contributed by atoms with E-state index in [1.165, 1.54) is 0 Å². The van der Waals surface area contributed by atoms with E-state index < -0.39 is 6.04 Å². The second-order valence-electron chi connectivity index (χ2n) is 5.99. The molecule has 6 nitrogen and oxygen atoms in total. The molecule has 3 rings (SSSR count). The number of aromatic nitrogens is 3. The molecule has 1 N–H and O–H groups in total. The number of benzene rings is 1. The number of carbonyl (C=O) groups is 1. The van der Waals surface area contributed by atoms with Crippen LogP contribution in [0.25, 0.3) is 5.65 Å². The normalized spacial score (nSPS) is 12.2. The van der Waals surface area contributed by atoms with E-state index in [1.54, 1.807) is 29.7 Å². The summed E-state index contributed by atoms with van der Waals surface area (Å²) in [4.78, 5) is 18.8. The third-order valence-electron chi connectivity index (χ3n) is 4.12. The smallest absolute Gasteiger partial charge is 0.249 e. The fourth-order valence-corrected chi connectivity index (χ4v) is 2.64. The molecule has 3 aromatic rings. The van der Waals surface area contributed by atoms with Gasteiger partial charge in [0.2, 0.25) is 5.91 Å². The summed E-state index contributed by atoms with van der Waals surface area (Å²) in [5, 5.41) is 7.72. The van der Waals surface area contributed by atoms with Gasteiger partial charge in [0.15, 0.2) is 5.65 Å². The largest absolute Gasteiger partial charge is 0.354 e. The van der Waals surface area contributed by atoms with Crippen molar-refractivity contribution in [3.63, 3.8) is 0 Å². The van der Waals surface area contributed by atoms with Crippen LogP contribution in [-0.4, -0.2) is 39.5 Å². The van der Waals surface area contributed by atoms with Crippen LogP contribution in [0.5, 0.6) is 0 Å². The molecule has 0 spiro atoms. The van der Waals surface area contributed by atoms with Crippen molar-refractivity contribution in [1.29, 1.82) is 0 Å². The summed E-state index contributed by atoms with van der Waals surface area (Å²) in [6, 6.07) is 11.1. The predicted octanol–water partition coefficient (Wildman–Crippen LogP) is 2.59. The van der Waals surface area contributed by atoms with Gasteiger partial charge in [-0.25, -0.2) is 4.98 Å². The molecule has 2 aromatic heterocycles. The number of carbonyl (C=O) groups excluding carboxylic acids is 1. The van der Waals surface area contributed by atoms with Gasteiger partial charge in [0.1, 0.15) is 11.9 Å². The number of amides is 1. The van der Waals surface area contributed by atoms with E-state index in [2.05, 4.69) is 15.4 Å². The molecule has 1 atom stereocenters. The first-order valence-electron chi connectivity index (χ1n) is 7.82. The highest BCUT2D eigenvalue weighted by molar-refractivity contribution is 5.85. The number of nitrogens with one attached hydrogen (secondary N) is 1. The monoisotopic (exact) mass is 323 g/mol. The molecule has 0 bridgehead atoms. The maximum absolute atomic E-state index is 12.7. The maximum Gasteiger partial charge on any atom is 0.249 e. The van der Waals surface area contributed by atoms with Gasteiger partial charge in [-0.15, -0.1) is 0 Å². The lowest BCUT2D eigenvalue weighted by atomic mass is 10.1. The standard InChI is InChI=1S/C18H21N5O/c1-12-13(2)20-15-10-11-19-23(15)17(12)21-16(18(24)22(3)4)14-8-6-5-7-9-14/h5-11,16,21H,1-4H3. The SMILES string of the molecule is Cc1nc2ccnn2c(NC(C(=O)N(C)C)c2ccccc2)c1C. The van der Waals surface area contributed by atoms with Gasteiger partial charge in [-0.3, -0.25) is 4.79 Å². The van der Waals surface area contributed by atoms with Crippen LogP contribution < -0.4 is 5.32 Å². The van der Waals surface area contributed by atoms with E-state index in [4.69, 9.17) is 0 Å². The Kier molecular flexibility index (Phi) is 4.20. The van der Waals surface area contributed by atoms with Crippen LogP contribution in [0.15, 0.2) is 42.6 Å². The molecule has 0 aliphatic heterocycles. The lowest BCUT2D eigenvalue weighted by molar-refractivity contribution is -0.129. The lowest BCUT2D eigenvalue weighted by Crippen LogP contribution is -2.33. The fourth-order valence-electron chi connectivity index (χ4n) is 2.64. The maximum atomic E-state index is 12.7. The van der Waals surface area contributed by atoms with Gasteiger partial charge in [0, 0.05) is 31.4 Å². The minimum Gasteiger partial charge on any atom is -0.354 e. The molecule has 1 aromatic carbocycles. The fraction of sp³-hybridized carbons (Fsp3) is 0.278. The molecule has 0 radical (unpaired) electrons. The number of rotatable bonds is 4. The predicted molar refractivity (Wildman–Crippen MR) is 94.0 cm³/mol. The van der Waals surface area contributed by atoms with Crippen molar-refractivity contribution in [3.8, 4) is 0 Å². The molecule has 0 saturated heterocycles. The van der Waals surface area contributed by atoms with Crippen LogP contribution in [0.1, 0.15) is 22.9 Å². The van der Waals surface area contributed by atoms with E-state index in [1.807, 2.05) is 50.2 Å². The van der Waals surface area contributed by atoms with Crippen molar-refractivity contribution < 1.29 is 4.79 Å². The Labute approximate surface area is 141 Å². The third kappa shape index (κ3) is 2.82. The number of likely N-dealkylation sites (N-methyl/N-ethyl adjacent to an activating group) is 1. The lowest BCUT2D eigenvalue weighted by Gasteiger charge is -2.24. The summed E-state index contributed by atoms with van der Waals surface area (Å²) in [6.45, 7) is 3.94. The van der Waals surface area contributed by atoms with Gasteiger partial charge in [0.25, 0.3) is 0 Å². The molecule has 0 aliphatic rings. The quantitative estimate of drug-likeness (QED) is 0.801. The van der Waals surface area contributed by atoms with Gasteiger partial charge < -0.3 is 10.2 Å². The molecule has 0 fully saturated rings. The summed E-state index contributed by atoms with van der Waals surface area (Å²) < 4.78 is 1.74. The summed E-state index contributed by atoms with van der Waals surface area (Å²) in [5.74, 6) is 0.766. The van der Waals surface area contributed by atoms with E-state index in [-0.39, 0.29) is 5.91 Å². The van der Waals surface area contributed by atoms with Crippen molar-refractivity contribution >= 4 is 17.4 Å². The molecule has 1 amide bonds. The van der Waals surface area contributed by atoms with Crippen LogP contribution >= 0.6 is 0 Å². The highest BCUT2D eigenvalue weighted by Crippen LogP contribution is 2.25. The zero-order chi connectivity index (χ0) is 17.3. The average Bonchev–Trinajstić information content (AvgIpc) is 3.03. The zero-order valence-electron chi connectivity index (χ0n) is 14.3. The van der Waals surface area contributed by atoms with Crippen LogP contribution in [-0.2, 0) is 4.79 Å². The first-order chi connectivity index (χ1) is 11.5. The van der Waals surface area contributed by atoms with Gasteiger partial charge in [-0.1, -0.05) is 30.3 Å². The number of aryl methyl sites for hydroxylation is 1. The Morgan fingerprint density at radius 2 is 1.88 bits per heavy atom. The van der Waals surface area contributed by atoms with E-state index in [0.29, 0.717) is 0 Å². The first kappa shape index (κ1) is 16.0. The molecular weight excluding hydrogens is 302 g/mol. The zero-order valence-corrected chi connectivity index (χ0v) is 14.3. The summed E-state index contributed by atoms with van der Waals surface area (Å²) >= 11 is 0. The number of hydrogen-bond donors (Lipinski definition) is 1. The Balaban J connectivity index is 2.10. The van der Waals surface area contributed by atoms with Crippen molar-refractivity contribution in [2.45, 2.75) is 19.9 Å². The van der Waals surface area contributed by atoms with Crippen LogP contribution in [0.4, 0.5) is 5.82 Å². The Morgan fingerprint density at radius 1 is 1.17 bits per heavy atom. The number of anilines is 1. The highest BCUT2D eigenvalue weighted by Gasteiger charge is 2.24. The van der Waals surface area contributed by atoms with Crippen molar-refractivity contribution in [3.05, 3.63) is 59.4 Å². The van der Waals surface area contributed by atoms with Gasteiger partial charge >= 0.3 is 0 Å². The van der Waals surface area contributed by atoms with Gasteiger partial charge in [-0.05, 0) is 19.4 Å². The molecule has 0 saturated carbocycles. The average molecular weight is 323 g/mol. The van der Waals surface area contributed by atoms with E-state index in [9.17, 15) is 4.79 Å². The highest BCUT2D eigenvalue weighted by atomic mass is 16.2.